The van der Waals surface area contributed by atoms with Gasteiger partial charge in [0.2, 0.25) is 0 Å². The summed E-state index contributed by atoms with van der Waals surface area (Å²) in [5.74, 6) is 0.897. The lowest BCUT2D eigenvalue weighted by Crippen LogP contribution is -2.05. The van der Waals surface area contributed by atoms with Gasteiger partial charge in [0.1, 0.15) is 11.2 Å². The molecule has 106 valence electrons. The SMILES string of the molecule is Clc1cccc2nc(C(Cl)c3ccccc3)n(C3CC3)c12. The lowest BCUT2D eigenvalue weighted by Gasteiger charge is -2.13. The Bertz CT molecular complexity index is 791. The van der Waals surface area contributed by atoms with Gasteiger partial charge in [-0.25, -0.2) is 4.98 Å². The van der Waals surface area contributed by atoms with Gasteiger partial charge in [-0.1, -0.05) is 48.0 Å². The maximum absolute atomic E-state index is 6.71. The Balaban J connectivity index is 1.92. The molecule has 0 spiro atoms. The van der Waals surface area contributed by atoms with Gasteiger partial charge < -0.3 is 4.57 Å². The van der Waals surface area contributed by atoms with Crippen molar-refractivity contribution < 1.29 is 0 Å². The second-order valence-corrected chi connectivity index (χ2v) is 6.30. The van der Waals surface area contributed by atoms with Crippen LogP contribution in [0.4, 0.5) is 0 Å². The second-order valence-electron chi connectivity index (χ2n) is 5.45. The van der Waals surface area contributed by atoms with E-state index >= 15 is 0 Å². The van der Waals surface area contributed by atoms with Crippen LogP contribution in [0.25, 0.3) is 11.0 Å². The van der Waals surface area contributed by atoms with Crippen LogP contribution < -0.4 is 0 Å². The Morgan fingerprint density at radius 3 is 2.52 bits per heavy atom. The predicted molar refractivity (Wildman–Crippen MR) is 87.2 cm³/mol. The predicted octanol–water partition coefficient (Wildman–Crippen LogP) is 5.35. The van der Waals surface area contributed by atoms with Crippen molar-refractivity contribution in [3.63, 3.8) is 0 Å². The molecule has 1 saturated carbocycles. The van der Waals surface area contributed by atoms with E-state index in [4.69, 9.17) is 28.2 Å². The Hall–Kier alpha value is -1.51. The third-order valence-electron chi connectivity index (χ3n) is 3.92. The van der Waals surface area contributed by atoms with Crippen molar-refractivity contribution in [2.45, 2.75) is 24.3 Å². The first-order valence-corrected chi connectivity index (χ1v) is 7.92. The fourth-order valence-corrected chi connectivity index (χ4v) is 3.34. The lowest BCUT2D eigenvalue weighted by atomic mass is 10.1. The number of hydrogen-bond donors (Lipinski definition) is 0. The molecule has 0 saturated heterocycles. The van der Waals surface area contributed by atoms with Crippen LogP contribution in [0, 0.1) is 0 Å². The number of nitrogens with zero attached hydrogens (tertiary/aromatic N) is 2. The Labute approximate surface area is 133 Å². The van der Waals surface area contributed by atoms with Crippen LogP contribution in [0.5, 0.6) is 0 Å². The zero-order chi connectivity index (χ0) is 14.4. The molecule has 3 aromatic rings. The summed E-state index contributed by atoms with van der Waals surface area (Å²) >= 11 is 13.1. The molecule has 0 bridgehead atoms. The lowest BCUT2D eigenvalue weighted by molar-refractivity contribution is 0.709. The quantitative estimate of drug-likeness (QED) is 0.595. The van der Waals surface area contributed by atoms with E-state index in [-0.39, 0.29) is 5.38 Å². The summed E-state index contributed by atoms with van der Waals surface area (Å²) in [5, 5.41) is 0.491. The minimum absolute atomic E-state index is 0.254. The molecule has 1 aliphatic rings. The summed E-state index contributed by atoms with van der Waals surface area (Å²) in [6.45, 7) is 0. The third-order valence-corrected chi connectivity index (χ3v) is 4.67. The molecule has 1 heterocycles. The summed E-state index contributed by atoms with van der Waals surface area (Å²) in [4.78, 5) is 4.76. The normalized spacial score (nSPS) is 16.3. The van der Waals surface area contributed by atoms with Crippen LogP contribution in [-0.2, 0) is 0 Å². The van der Waals surface area contributed by atoms with Crippen molar-refractivity contribution in [2.75, 3.05) is 0 Å². The first kappa shape index (κ1) is 13.2. The minimum atomic E-state index is -0.254. The first-order valence-electron chi connectivity index (χ1n) is 7.11. The molecule has 0 N–H and O–H groups in total. The maximum Gasteiger partial charge on any atom is 0.132 e. The van der Waals surface area contributed by atoms with Gasteiger partial charge in [0, 0.05) is 6.04 Å². The number of alkyl halides is 1. The van der Waals surface area contributed by atoms with Crippen molar-refractivity contribution in [1.29, 1.82) is 0 Å². The molecule has 2 nitrogen and oxygen atoms in total. The molecule has 0 radical (unpaired) electrons. The zero-order valence-corrected chi connectivity index (χ0v) is 12.8. The van der Waals surface area contributed by atoms with Gasteiger partial charge in [0.25, 0.3) is 0 Å². The summed E-state index contributed by atoms with van der Waals surface area (Å²) in [6.07, 6.45) is 2.34. The molecule has 4 heteroatoms. The molecule has 4 rings (SSSR count). The van der Waals surface area contributed by atoms with E-state index in [0.717, 1.165) is 27.4 Å². The molecule has 1 aliphatic carbocycles. The molecule has 0 aliphatic heterocycles. The van der Waals surface area contributed by atoms with Crippen LogP contribution in [0.2, 0.25) is 5.02 Å². The van der Waals surface area contributed by atoms with Crippen LogP contribution in [0.15, 0.2) is 48.5 Å². The average molecular weight is 317 g/mol. The molecular weight excluding hydrogens is 303 g/mol. The smallest absolute Gasteiger partial charge is 0.132 e. The highest BCUT2D eigenvalue weighted by atomic mass is 35.5. The van der Waals surface area contributed by atoms with E-state index in [0.29, 0.717) is 6.04 Å². The average Bonchev–Trinajstić information content (AvgIpc) is 3.28. The number of fused-ring (bicyclic) bond motifs is 1. The maximum atomic E-state index is 6.71. The molecule has 1 unspecified atom stereocenters. The number of para-hydroxylation sites is 1. The first-order chi connectivity index (χ1) is 10.3. The van der Waals surface area contributed by atoms with Gasteiger partial charge in [0.05, 0.1) is 16.1 Å². The molecular formula is C17H14Cl2N2. The van der Waals surface area contributed by atoms with Gasteiger partial charge in [0.15, 0.2) is 0 Å². The van der Waals surface area contributed by atoms with Crippen molar-refractivity contribution in [2.24, 2.45) is 0 Å². The Morgan fingerprint density at radius 2 is 1.81 bits per heavy atom. The number of imidazole rings is 1. The van der Waals surface area contributed by atoms with E-state index in [1.54, 1.807) is 0 Å². The van der Waals surface area contributed by atoms with Crippen LogP contribution in [0.1, 0.15) is 35.6 Å². The van der Waals surface area contributed by atoms with E-state index < -0.39 is 0 Å². The van der Waals surface area contributed by atoms with Gasteiger partial charge in [-0.3, -0.25) is 0 Å². The summed E-state index contributed by atoms with van der Waals surface area (Å²) in [6, 6.07) is 16.4. The molecule has 1 aromatic heterocycles. The summed E-state index contributed by atoms with van der Waals surface area (Å²) in [5.41, 5.74) is 3.00. The number of rotatable bonds is 3. The number of halogens is 2. The molecule has 21 heavy (non-hydrogen) atoms. The Morgan fingerprint density at radius 1 is 1.05 bits per heavy atom. The number of benzene rings is 2. The van der Waals surface area contributed by atoms with Crippen molar-refractivity contribution in [1.82, 2.24) is 9.55 Å². The molecule has 2 aromatic carbocycles. The molecule has 1 fully saturated rings. The van der Waals surface area contributed by atoms with Crippen molar-refractivity contribution >= 4 is 34.2 Å². The standard InChI is InChI=1S/C17H14Cl2N2/c18-13-7-4-8-14-16(13)21(12-9-10-12)17(20-14)15(19)11-5-2-1-3-6-11/h1-8,12,15H,9-10H2. The van der Waals surface area contributed by atoms with Gasteiger partial charge in [-0.05, 0) is 30.5 Å². The highest BCUT2D eigenvalue weighted by molar-refractivity contribution is 6.35. The summed E-state index contributed by atoms with van der Waals surface area (Å²) in [7, 11) is 0. The van der Waals surface area contributed by atoms with Gasteiger partial charge in [-0.15, -0.1) is 11.6 Å². The zero-order valence-electron chi connectivity index (χ0n) is 11.3. The van der Waals surface area contributed by atoms with E-state index in [9.17, 15) is 0 Å². The largest absolute Gasteiger partial charge is 0.322 e. The van der Waals surface area contributed by atoms with Crippen LogP contribution >= 0.6 is 23.2 Å². The highest BCUT2D eigenvalue weighted by Gasteiger charge is 2.31. The Kier molecular flexibility index (Phi) is 3.16. The van der Waals surface area contributed by atoms with Gasteiger partial charge in [-0.2, -0.15) is 0 Å². The molecule has 1 atom stereocenters. The van der Waals surface area contributed by atoms with E-state index in [2.05, 4.69) is 4.57 Å². The van der Waals surface area contributed by atoms with Crippen molar-refractivity contribution in [3.05, 3.63) is 64.9 Å². The monoisotopic (exact) mass is 316 g/mol. The highest BCUT2D eigenvalue weighted by Crippen LogP contribution is 2.43. The molecule has 0 amide bonds. The fraction of sp³-hybridized carbons (Fsp3) is 0.235. The third kappa shape index (κ3) is 2.23. The fourth-order valence-electron chi connectivity index (χ4n) is 2.78. The van der Waals surface area contributed by atoms with E-state index in [1.807, 2.05) is 48.5 Å². The van der Waals surface area contributed by atoms with Crippen LogP contribution in [0.3, 0.4) is 0 Å². The van der Waals surface area contributed by atoms with Gasteiger partial charge >= 0.3 is 0 Å². The summed E-state index contributed by atoms with van der Waals surface area (Å²) < 4.78 is 2.24. The topological polar surface area (TPSA) is 17.8 Å². The second kappa shape index (κ2) is 5.04. The number of aromatic nitrogens is 2. The minimum Gasteiger partial charge on any atom is -0.322 e. The number of hydrogen-bond acceptors (Lipinski definition) is 1. The van der Waals surface area contributed by atoms with Crippen molar-refractivity contribution in [3.8, 4) is 0 Å². The van der Waals surface area contributed by atoms with Crippen LogP contribution in [-0.4, -0.2) is 9.55 Å². The van der Waals surface area contributed by atoms with E-state index in [1.165, 1.54) is 12.8 Å².